The third kappa shape index (κ3) is 6.00. The minimum absolute atomic E-state index is 0.289. The highest BCUT2D eigenvalue weighted by Crippen LogP contribution is 2.44. The van der Waals surface area contributed by atoms with Gasteiger partial charge in [0.1, 0.15) is 0 Å². The third-order valence-electron chi connectivity index (χ3n) is 0.907. The van der Waals surface area contributed by atoms with Crippen LogP contribution in [0.25, 0.3) is 0 Å². The van der Waals surface area contributed by atoms with Gasteiger partial charge >= 0.3 is 0 Å². The molecule has 0 aliphatic rings. The molecule has 0 aromatic heterocycles. The summed E-state index contributed by atoms with van der Waals surface area (Å²) in [6.45, 7) is -1.05. The second kappa shape index (κ2) is 5.44. The highest BCUT2D eigenvalue weighted by atomic mass is 35.5. The molecule has 0 rings (SSSR count). The summed E-state index contributed by atoms with van der Waals surface area (Å²) in [4.78, 5) is 9.22. The van der Waals surface area contributed by atoms with Crippen LogP contribution in [-0.2, 0) is 16.3 Å². The van der Waals surface area contributed by atoms with Crippen molar-refractivity contribution in [1.29, 1.82) is 0 Å². The summed E-state index contributed by atoms with van der Waals surface area (Å²) in [5.74, 6) is -0.289. The van der Waals surface area contributed by atoms with Gasteiger partial charge in [-0.3, -0.25) is 4.52 Å². The Morgan fingerprint density at radius 1 is 1.82 bits per heavy atom. The zero-order chi connectivity index (χ0) is 8.91. The summed E-state index contributed by atoms with van der Waals surface area (Å²) in [7, 11) is 0. The van der Waals surface area contributed by atoms with Crippen molar-refractivity contribution in [2.45, 2.75) is 19.7 Å². The van der Waals surface area contributed by atoms with E-state index < -0.39 is 12.8 Å². The molecule has 0 radical (unpaired) electrons. The van der Waals surface area contributed by atoms with Crippen LogP contribution in [0, 0.1) is 0 Å². The molecule has 0 aliphatic carbocycles. The van der Waals surface area contributed by atoms with Crippen molar-refractivity contribution in [2.24, 2.45) is 0 Å². The number of halogens is 2. The molecule has 0 bridgehead atoms. The molecule has 0 heterocycles. The van der Waals surface area contributed by atoms with Gasteiger partial charge in [0.25, 0.3) is 0 Å². The topological polar surface area (TPSA) is 29.5 Å². The first-order chi connectivity index (χ1) is 5.02. The Morgan fingerprint density at radius 3 is 2.73 bits per heavy atom. The van der Waals surface area contributed by atoms with Gasteiger partial charge in [0.15, 0.2) is 6.49 Å². The van der Waals surface area contributed by atoms with Gasteiger partial charge in [-0.05, 0) is 18.2 Å². The molecule has 0 saturated heterocycles. The van der Waals surface area contributed by atoms with Gasteiger partial charge in [-0.1, -0.05) is 6.92 Å². The van der Waals surface area contributed by atoms with Gasteiger partial charge in [-0.25, -0.2) is 4.39 Å². The average Bonchev–Trinajstić information content (AvgIpc) is 1.86. The fourth-order valence-corrected chi connectivity index (χ4v) is 2.62. The maximum absolute atomic E-state index is 12.4. The SMILES string of the molecule is CCCP(O)(=S)OC(F)CCl. The van der Waals surface area contributed by atoms with Crippen LogP contribution in [0.1, 0.15) is 13.3 Å². The number of hydrogen-bond acceptors (Lipinski definition) is 2. The molecule has 0 aromatic carbocycles. The summed E-state index contributed by atoms with van der Waals surface area (Å²) in [6, 6.07) is 0. The first-order valence-electron chi connectivity index (χ1n) is 3.22. The van der Waals surface area contributed by atoms with Crippen LogP contribution in [-0.4, -0.2) is 23.3 Å². The van der Waals surface area contributed by atoms with E-state index in [1.54, 1.807) is 0 Å². The predicted octanol–water partition coefficient (Wildman–Crippen LogP) is 2.25. The maximum Gasteiger partial charge on any atom is 0.218 e. The summed E-state index contributed by atoms with van der Waals surface area (Å²) < 4.78 is 16.9. The molecule has 0 saturated carbocycles. The molecule has 0 aromatic rings. The van der Waals surface area contributed by atoms with E-state index in [4.69, 9.17) is 11.6 Å². The molecule has 11 heavy (non-hydrogen) atoms. The molecule has 2 unspecified atom stereocenters. The maximum atomic E-state index is 12.4. The van der Waals surface area contributed by atoms with Crippen molar-refractivity contribution < 1.29 is 13.8 Å². The van der Waals surface area contributed by atoms with Crippen molar-refractivity contribution in [1.82, 2.24) is 0 Å². The highest BCUT2D eigenvalue weighted by Gasteiger charge is 2.17. The quantitative estimate of drug-likeness (QED) is 0.569. The fraction of sp³-hybridized carbons (Fsp3) is 1.00. The lowest BCUT2D eigenvalue weighted by molar-refractivity contribution is 0.0901. The number of hydrogen-bond donors (Lipinski definition) is 1. The Bertz CT molecular complexity index is 157. The Hall–Kier alpha value is 0.790. The molecule has 0 aliphatic heterocycles. The van der Waals surface area contributed by atoms with E-state index in [0.717, 1.165) is 0 Å². The summed E-state index contributed by atoms with van der Waals surface area (Å²) >= 11 is 9.75. The second-order valence-electron chi connectivity index (χ2n) is 2.03. The van der Waals surface area contributed by atoms with E-state index in [-0.39, 0.29) is 5.88 Å². The van der Waals surface area contributed by atoms with E-state index in [1.807, 2.05) is 6.92 Å². The molecule has 0 amide bonds. The monoisotopic (exact) mass is 220 g/mol. The van der Waals surface area contributed by atoms with Crippen LogP contribution < -0.4 is 0 Å². The fourth-order valence-electron chi connectivity index (χ4n) is 0.542. The van der Waals surface area contributed by atoms with E-state index in [2.05, 4.69) is 16.3 Å². The minimum Gasteiger partial charge on any atom is -0.345 e. The van der Waals surface area contributed by atoms with Crippen molar-refractivity contribution in [2.75, 3.05) is 12.0 Å². The zero-order valence-electron chi connectivity index (χ0n) is 6.17. The predicted molar refractivity (Wildman–Crippen MR) is 48.4 cm³/mol. The molecule has 6 heteroatoms. The highest BCUT2D eigenvalue weighted by molar-refractivity contribution is 8.09. The number of alkyl halides is 2. The summed E-state index contributed by atoms with van der Waals surface area (Å²) in [6.07, 6.45) is -0.623. The van der Waals surface area contributed by atoms with Gasteiger partial charge in [-0.15, -0.1) is 11.6 Å². The molecule has 0 spiro atoms. The molecular weight excluding hydrogens is 210 g/mol. The molecule has 1 N–H and O–H groups in total. The smallest absolute Gasteiger partial charge is 0.218 e. The lowest BCUT2D eigenvalue weighted by atomic mass is 10.6. The third-order valence-corrected chi connectivity index (χ3v) is 3.53. The second-order valence-corrected chi connectivity index (χ2v) is 5.98. The van der Waals surface area contributed by atoms with E-state index in [9.17, 15) is 9.28 Å². The van der Waals surface area contributed by atoms with Crippen LogP contribution in [0.4, 0.5) is 4.39 Å². The first kappa shape index (κ1) is 11.8. The summed E-state index contributed by atoms with van der Waals surface area (Å²) in [5, 5.41) is 0. The van der Waals surface area contributed by atoms with E-state index in [0.29, 0.717) is 12.6 Å². The van der Waals surface area contributed by atoms with Crippen molar-refractivity contribution in [3.8, 4) is 0 Å². The average molecular weight is 221 g/mol. The number of rotatable bonds is 5. The normalized spacial score (nSPS) is 19.3. The lowest BCUT2D eigenvalue weighted by Crippen LogP contribution is -2.07. The Labute approximate surface area is 75.9 Å². The van der Waals surface area contributed by atoms with Crippen LogP contribution in [0.2, 0.25) is 0 Å². The molecule has 0 fully saturated rings. The Morgan fingerprint density at radius 2 is 2.36 bits per heavy atom. The van der Waals surface area contributed by atoms with Gasteiger partial charge in [0.05, 0.1) is 5.88 Å². The van der Waals surface area contributed by atoms with Gasteiger partial charge in [0, 0.05) is 6.16 Å². The zero-order valence-corrected chi connectivity index (χ0v) is 8.63. The van der Waals surface area contributed by atoms with Crippen LogP contribution in [0.3, 0.4) is 0 Å². The van der Waals surface area contributed by atoms with E-state index >= 15 is 0 Å². The van der Waals surface area contributed by atoms with Crippen molar-refractivity contribution >= 4 is 29.9 Å². The molecular formula is C5H11ClFO2PS. The standard InChI is InChI=1S/C5H11ClFO2PS/c1-2-3-10(8,11)9-5(7)4-6/h5H,2-4H2,1H3,(H,8,11). The first-order valence-corrected chi connectivity index (χ1v) is 6.61. The lowest BCUT2D eigenvalue weighted by Gasteiger charge is -2.16. The van der Waals surface area contributed by atoms with Gasteiger partial charge in [-0.2, -0.15) is 0 Å². The Kier molecular flexibility index (Phi) is 5.83. The van der Waals surface area contributed by atoms with E-state index in [1.165, 1.54) is 0 Å². The van der Waals surface area contributed by atoms with Crippen LogP contribution >= 0.6 is 18.1 Å². The van der Waals surface area contributed by atoms with Gasteiger partial charge in [0.2, 0.25) is 6.36 Å². The van der Waals surface area contributed by atoms with Gasteiger partial charge < -0.3 is 4.89 Å². The van der Waals surface area contributed by atoms with Crippen LogP contribution in [0.5, 0.6) is 0 Å². The van der Waals surface area contributed by atoms with Crippen molar-refractivity contribution in [3.05, 3.63) is 0 Å². The Balaban J connectivity index is 3.81. The van der Waals surface area contributed by atoms with Crippen molar-refractivity contribution in [3.63, 3.8) is 0 Å². The largest absolute Gasteiger partial charge is 0.345 e. The minimum atomic E-state index is -2.89. The summed E-state index contributed by atoms with van der Waals surface area (Å²) in [5.41, 5.74) is 0. The molecule has 2 atom stereocenters. The molecule has 68 valence electrons. The van der Waals surface area contributed by atoms with Crippen LogP contribution in [0.15, 0.2) is 0 Å². The molecule has 2 nitrogen and oxygen atoms in total.